The molecule has 0 atom stereocenters. The van der Waals surface area contributed by atoms with Crippen LogP contribution >= 0.6 is 22.9 Å². The van der Waals surface area contributed by atoms with Gasteiger partial charge in [-0.25, -0.2) is 0 Å². The Morgan fingerprint density at radius 2 is 2.11 bits per heavy atom. The molecule has 0 saturated heterocycles. The molecule has 100 valence electrons. The Bertz CT molecular complexity index is 585. The molecule has 0 unspecified atom stereocenters. The zero-order valence-corrected chi connectivity index (χ0v) is 12.0. The van der Waals surface area contributed by atoms with E-state index in [1.54, 1.807) is 24.1 Å². The van der Waals surface area contributed by atoms with Crippen LogP contribution in [0.15, 0.2) is 36.4 Å². The first kappa shape index (κ1) is 13.9. The van der Waals surface area contributed by atoms with Crippen molar-refractivity contribution in [3.63, 3.8) is 0 Å². The first-order chi connectivity index (χ1) is 9.11. The summed E-state index contributed by atoms with van der Waals surface area (Å²) < 4.78 is 0.722. The molecule has 1 aromatic heterocycles. The molecule has 3 N–H and O–H groups in total. The van der Waals surface area contributed by atoms with Crippen molar-refractivity contribution in [2.24, 2.45) is 5.84 Å². The summed E-state index contributed by atoms with van der Waals surface area (Å²) in [4.78, 5) is 15.0. The van der Waals surface area contributed by atoms with Crippen LogP contribution in [0.3, 0.4) is 0 Å². The predicted octanol–water partition coefficient (Wildman–Crippen LogP) is 2.96. The maximum absolute atomic E-state index is 12.3. The van der Waals surface area contributed by atoms with Crippen molar-refractivity contribution in [1.82, 2.24) is 4.90 Å². The van der Waals surface area contributed by atoms with Gasteiger partial charge in [-0.1, -0.05) is 23.7 Å². The number of thiophene rings is 1. The fourth-order valence-corrected chi connectivity index (χ4v) is 2.88. The lowest BCUT2D eigenvalue weighted by atomic mass is 10.1. The van der Waals surface area contributed by atoms with Gasteiger partial charge < -0.3 is 10.3 Å². The van der Waals surface area contributed by atoms with Crippen LogP contribution in [-0.4, -0.2) is 17.9 Å². The number of nitrogen functional groups attached to an aromatic ring is 1. The van der Waals surface area contributed by atoms with Gasteiger partial charge in [0.2, 0.25) is 0 Å². The van der Waals surface area contributed by atoms with E-state index in [1.807, 2.05) is 24.3 Å². The minimum absolute atomic E-state index is 0.0851. The fourth-order valence-electron chi connectivity index (χ4n) is 1.74. The molecule has 6 heteroatoms. The van der Waals surface area contributed by atoms with E-state index in [-0.39, 0.29) is 5.91 Å². The largest absolute Gasteiger partial charge is 0.336 e. The summed E-state index contributed by atoms with van der Waals surface area (Å²) in [5, 5.41) is 0. The second-order valence-corrected chi connectivity index (χ2v) is 5.86. The van der Waals surface area contributed by atoms with Crippen LogP contribution in [-0.2, 0) is 6.54 Å². The molecule has 19 heavy (non-hydrogen) atoms. The van der Waals surface area contributed by atoms with Gasteiger partial charge in [-0.2, -0.15) is 0 Å². The molecule has 0 saturated carbocycles. The number of nitrogens with one attached hydrogen (secondary N) is 1. The van der Waals surface area contributed by atoms with Crippen molar-refractivity contribution < 1.29 is 4.79 Å². The number of nitrogens with zero attached hydrogens (tertiary/aromatic N) is 1. The van der Waals surface area contributed by atoms with E-state index in [4.69, 9.17) is 17.4 Å². The monoisotopic (exact) mass is 295 g/mol. The van der Waals surface area contributed by atoms with Crippen molar-refractivity contribution in [2.45, 2.75) is 6.54 Å². The van der Waals surface area contributed by atoms with E-state index in [9.17, 15) is 4.79 Å². The van der Waals surface area contributed by atoms with Gasteiger partial charge in [0, 0.05) is 11.9 Å². The summed E-state index contributed by atoms with van der Waals surface area (Å²) in [6, 6.07) is 10.9. The Hall–Kier alpha value is -1.56. The maximum Gasteiger partial charge on any atom is 0.256 e. The molecule has 0 aliphatic heterocycles. The van der Waals surface area contributed by atoms with Crippen LogP contribution in [0.4, 0.5) is 5.69 Å². The van der Waals surface area contributed by atoms with Gasteiger partial charge >= 0.3 is 0 Å². The Morgan fingerprint density at radius 3 is 2.74 bits per heavy atom. The minimum atomic E-state index is -0.0851. The number of hydrogen-bond acceptors (Lipinski definition) is 4. The Labute approximate surface area is 120 Å². The molecular formula is C13H14ClN3OS. The van der Waals surface area contributed by atoms with Crippen LogP contribution in [0.2, 0.25) is 4.34 Å². The number of benzene rings is 1. The summed E-state index contributed by atoms with van der Waals surface area (Å²) in [5.41, 5.74) is 3.70. The maximum atomic E-state index is 12.3. The number of para-hydroxylation sites is 1. The fraction of sp³-hybridized carbons (Fsp3) is 0.154. The highest BCUT2D eigenvalue weighted by Crippen LogP contribution is 2.23. The Kier molecular flexibility index (Phi) is 4.42. The number of amides is 1. The van der Waals surface area contributed by atoms with Gasteiger partial charge in [0.15, 0.2) is 0 Å². The molecule has 1 aromatic carbocycles. The minimum Gasteiger partial charge on any atom is -0.336 e. The molecule has 1 heterocycles. The summed E-state index contributed by atoms with van der Waals surface area (Å²) >= 11 is 7.35. The van der Waals surface area contributed by atoms with Gasteiger partial charge in [0.05, 0.1) is 22.1 Å². The third-order valence-corrected chi connectivity index (χ3v) is 3.90. The molecule has 0 radical (unpaired) electrons. The highest BCUT2D eigenvalue weighted by molar-refractivity contribution is 7.16. The van der Waals surface area contributed by atoms with E-state index in [2.05, 4.69) is 5.43 Å². The number of hydrogen-bond donors (Lipinski definition) is 2. The van der Waals surface area contributed by atoms with Crippen molar-refractivity contribution in [2.75, 3.05) is 12.5 Å². The molecule has 0 spiro atoms. The topological polar surface area (TPSA) is 58.4 Å². The van der Waals surface area contributed by atoms with Gasteiger partial charge in [-0.05, 0) is 24.3 Å². The summed E-state index contributed by atoms with van der Waals surface area (Å²) in [7, 11) is 1.75. The van der Waals surface area contributed by atoms with Gasteiger partial charge in [0.1, 0.15) is 0 Å². The molecule has 0 bridgehead atoms. The summed E-state index contributed by atoms with van der Waals surface area (Å²) in [6.07, 6.45) is 0. The SMILES string of the molecule is CN(Cc1ccc(Cl)s1)C(=O)c1ccccc1NN. The van der Waals surface area contributed by atoms with Crippen molar-refractivity contribution in [3.05, 3.63) is 51.2 Å². The molecule has 0 aliphatic rings. The standard InChI is InChI=1S/C13H14ClN3OS/c1-17(8-9-6-7-12(14)19-9)13(18)10-4-2-3-5-11(10)16-15/h2-7,16H,8,15H2,1H3. The third-order valence-electron chi connectivity index (χ3n) is 2.68. The quantitative estimate of drug-likeness (QED) is 0.673. The van der Waals surface area contributed by atoms with Crippen LogP contribution in [0.25, 0.3) is 0 Å². The second kappa shape index (κ2) is 6.06. The van der Waals surface area contributed by atoms with Crippen LogP contribution in [0, 0.1) is 0 Å². The lowest BCUT2D eigenvalue weighted by molar-refractivity contribution is 0.0787. The van der Waals surface area contributed by atoms with Gasteiger partial charge in [0.25, 0.3) is 5.91 Å². The molecule has 0 aliphatic carbocycles. The lowest BCUT2D eigenvalue weighted by Gasteiger charge is -2.18. The van der Waals surface area contributed by atoms with E-state index < -0.39 is 0 Å². The number of nitrogens with two attached hydrogens (primary N) is 1. The van der Waals surface area contributed by atoms with Crippen molar-refractivity contribution in [3.8, 4) is 0 Å². The van der Waals surface area contributed by atoms with E-state index >= 15 is 0 Å². The number of carbonyl (C=O) groups is 1. The van der Waals surface area contributed by atoms with E-state index in [0.717, 1.165) is 9.21 Å². The smallest absolute Gasteiger partial charge is 0.256 e. The van der Waals surface area contributed by atoms with E-state index in [1.165, 1.54) is 11.3 Å². The first-order valence-electron chi connectivity index (χ1n) is 5.67. The van der Waals surface area contributed by atoms with Gasteiger partial charge in [-0.15, -0.1) is 11.3 Å². The molecule has 2 rings (SSSR count). The van der Waals surface area contributed by atoms with Crippen LogP contribution in [0.5, 0.6) is 0 Å². The normalized spacial score (nSPS) is 10.3. The predicted molar refractivity (Wildman–Crippen MR) is 79.4 cm³/mol. The number of halogens is 1. The van der Waals surface area contributed by atoms with E-state index in [0.29, 0.717) is 17.8 Å². The van der Waals surface area contributed by atoms with Crippen LogP contribution < -0.4 is 11.3 Å². The summed E-state index contributed by atoms with van der Waals surface area (Å²) in [5.74, 6) is 5.32. The zero-order chi connectivity index (χ0) is 13.8. The summed E-state index contributed by atoms with van der Waals surface area (Å²) in [6.45, 7) is 0.523. The van der Waals surface area contributed by atoms with Gasteiger partial charge in [-0.3, -0.25) is 10.6 Å². The Balaban J connectivity index is 2.14. The zero-order valence-electron chi connectivity index (χ0n) is 10.4. The molecular weight excluding hydrogens is 282 g/mol. The average Bonchev–Trinajstić information content (AvgIpc) is 2.83. The lowest BCUT2D eigenvalue weighted by Crippen LogP contribution is -2.27. The van der Waals surface area contributed by atoms with Crippen molar-refractivity contribution >= 4 is 34.5 Å². The molecule has 1 amide bonds. The number of carbonyl (C=O) groups excluding carboxylic acids is 1. The highest BCUT2D eigenvalue weighted by atomic mass is 35.5. The first-order valence-corrected chi connectivity index (χ1v) is 6.86. The Morgan fingerprint density at radius 1 is 1.37 bits per heavy atom. The van der Waals surface area contributed by atoms with Crippen LogP contribution in [0.1, 0.15) is 15.2 Å². The molecule has 2 aromatic rings. The molecule has 4 nitrogen and oxygen atoms in total. The average molecular weight is 296 g/mol. The highest BCUT2D eigenvalue weighted by Gasteiger charge is 2.15. The third kappa shape index (κ3) is 3.26. The molecule has 0 fully saturated rings. The second-order valence-electron chi connectivity index (χ2n) is 4.06. The number of anilines is 1. The van der Waals surface area contributed by atoms with Crippen molar-refractivity contribution in [1.29, 1.82) is 0 Å². The number of hydrazine groups is 1. The number of rotatable bonds is 4.